The molecule has 0 amide bonds. The van der Waals surface area contributed by atoms with E-state index in [9.17, 15) is 9.90 Å². The summed E-state index contributed by atoms with van der Waals surface area (Å²) in [7, 11) is 0. The molecule has 18 heavy (non-hydrogen) atoms. The van der Waals surface area contributed by atoms with E-state index in [0.29, 0.717) is 11.3 Å². The van der Waals surface area contributed by atoms with E-state index in [0.717, 1.165) is 10.9 Å². The van der Waals surface area contributed by atoms with Crippen LogP contribution in [0.5, 0.6) is 5.75 Å². The number of benzene rings is 1. The molecule has 0 saturated carbocycles. The molecule has 0 aliphatic rings. The van der Waals surface area contributed by atoms with Gasteiger partial charge in [-0.1, -0.05) is 0 Å². The summed E-state index contributed by atoms with van der Waals surface area (Å²) >= 11 is 5.46. The molecule has 1 aromatic carbocycles. The zero-order chi connectivity index (χ0) is 13.1. The molecule has 0 aliphatic carbocycles. The Morgan fingerprint density at radius 3 is 2.94 bits per heavy atom. The number of aliphatic hydroxyl groups is 1. The molecule has 0 aliphatic heterocycles. The van der Waals surface area contributed by atoms with Crippen molar-refractivity contribution >= 4 is 22.6 Å². The van der Waals surface area contributed by atoms with E-state index in [2.05, 4.69) is 0 Å². The lowest BCUT2D eigenvalue weighted by Gasteiger charge is -2.10. The van der Waals surface area contributed by atoms with Crippen LogP contribution in [0.3, 0.4) is 0 Å². The van der Waals surface area contributed by atoms with E-state index < -0.39 is 11.7 Å². The maximum atomic E-state index is 11.3. The summed E-state index contributed by atoms with van der Waals surface area (Å²) in [6.45, 7) is 1.95. The SMILES string of the molecule is Cc1cc(=O)oc2cc(OCC(O)CCl)ccc12. The number of ether oxygens (including phenoxy) is 1. The number of aliphatic hydroxyl groups excluding tert-OH is 1. The molecule has 0 spiro atoms. The number of halogens is 1. The first-order chi connectivity index (χ1) is 8.60. The Balaban J connectivity index is 2.30. The molecule has 5 heteroatoms. The third-order valence-corrected chi connectivity index (χ3v) is 2.90. The van der Waals surface area contributed by atoms with Gasteiger partial charge in [0.05, 0.1) is 5.88 Å². The van der Waals surface area contributed by atoms with Crippen LogP contribution in [-0.4, -0.2) is 23.7 Å². The number of hydrogen-bond acceptors (Lipinski definition) is 4. The van der Waals surface area contributed by atoms with Gasteiger partial charge >= 0.3 is 5.63 Å². The molecule has 1 N–H and O–H groups in total. The van der Waals surface area contributed by atoms with Crippen LogP contribution in [0.2, 0.25) is 0 Å². The summed E-state index contributed by atoms with van der Waals surface area (Å²) in [4.78, 5) is 11.3. The van der Waals surface area contributed by atoms with Crippen molar-refractivity contribution in [3.63, 3.8) is 0 Å². The van der Waals surface area contributed by atoms with Gasteiger partial charge in [0.25, 0.3) is 0 Å². The van der Waals surface area contributed by atoms with E-state index in [1.807, 2.05) is 13.0 Å². The molecule has 1 unspecified atom stereocenters. The van der Waals surface area contributed by atoms with Crippen molar-refractivity contribution in [3.8, 4) is 5.75 Å². The third-order valence-electron chi connectivity index (χ3n) is 2.54. The predicted octanol–water partition coefficient (Wildman–Crippen LogP) is 2.08. The zero-order valence-corrected chi connectivity index (χ0v) is 10.6. The fourth-order valence-corrected chi connectivity index (χ4v) is 1.72. The van der Waals surface area contributed by atoms with Gasteiger partial charge in [-0.3, -0.25) is 0 Å². The molecule has 2 rings (SSSR count). The van der Waals surface area contributed by atoms with Crippen molar-refractivity contribution in [2.24, 2.45) is 0 Å². The topological polar surface area (TPSA) is 59.7 Å². The second kappa shape index (κ2) is 5.42. The summed E-state index contributed by atoms with van der Waals surface area (Å²) < 4.78 is 10.4. The molecule has 0 fully saturated rings. The minimum atomic E-state index is -0.716. The monoisotopic (exact) mass is 268 g/mol. The van der Waals surface area contributed by atoms with E-state index in [1.54, 1.807) is 12.1 Å². The van der Waals surface area contributed by atoms with Crippen LogP contribution in [0.1, 0.15) is 5.56 Å². The quantitative estimate of drug-likeness (QED) is 0.681. The Labute approximate surface area is 109 Å². The zero-order valence-electron chi connectivity index (χ0n) is 9.85. The summed E-state index contributed by atoms with van der Waals surface area (Å²) in [6.07, 6.45) is -0.716. The van der Waals surface area contributed by atoms with Gasteiger partial charge in [0.2, 0.25) is 0 Å². The number of rotatable bonds is 4. The average molecular weight is 269 g/mol. The van der Waals surface area contributed by atoms with Crippen LogP contribution in [0.25, 0.3) is 11.0 Å². The lowest BCUT2D eigenvalue weighted by Crippen LogP contribution is -2.18. The Bertz CT molecular complexity index is 605. The van der Waals surface area contributed by atoms with Crippen molar-refractivity contribution < 1.29 is 14.3 Å². The largest absolute Gasteiger partial charge is 0.491 e. The van der Waals surface area contributed by atoms with Crippen molar-refractivity contribution in [2.45, 2.75) is 13.0 Å². The number of alkyl halides is 1. The van der Waals surface area contributed by atoms with Crippen LogP contribution in [-0.2, 0) is 0 Å². The molecular weight excluding hydrogens is 256 g/mol. The third kappa shape index (κ3) is 2.83. The minimum Gasteiger partial charge on any atom is -0.491 e. The first-order valence-corrected chi connectivity index (χ1v) is 6.05. The summed E-state index contributed by atoms with van der Waals surface area (Å²) in [6, 6.07) is 6.65. The highest BCUT2D eigenvalue weighted by Crippen LogP contribution is 2.22. The smallest absolute Gasteiger partial charge is 0.336 e. The van der Waals surface area contributed by atoms with Crippen LogP contribution in [0, 0.1) is 6.92 Å². The predicted molar refractivity (Wildman–Crippen MR) is 69.4 cm³/mol. The van der Waals surface area contributed by atoms with Gasteiger partial charge in [-0.2, -0.15) is 0 Å². The minimum absolute atomic E-state index is 0.102. The van der Waals surface area contributed by atoms with Crippen molar-refractivity contribution in [2.75, 3.05) is 12.5 Å². The summed E-state index contributed by atoms with van der Waals surface area (Å²) in [5.74, 6) is 0.641. The highest BCUT2D eigenvalue weighted by atomic mass is 35.5. The number of hydrogen-bond donors (Lipinski definition) is 1. The van der Waals surface area contributed by atoms with Crippen LogP contribution < -0.4 is 10.4 Å². The maximum Gasteiger partial charge on any atom is 0.336 e. The first kappa shape index (κ1) is 12.9. The van der Waals surface area contributed by atoms with Gasteiger partial charge in [-0.05, 0) is 24.6 Å². The second-order valence-corrected chi connectivity index (χ2v) is 4.33. The molecule has 2 aromatic rings. The molecule has 1 aromatic heterocycles. The summed E-state index contributed by atoms with van der Waals surface area (Å²) in [5, 5.41) is 10.2. The van der Waals surface area contributed by atoms with E-state index in [1.165, 1.54) is 6.07 Å². The molecule has 96 valence electrons. The number of aryl methyl sites for hydroxylation is 1. The first-order valence-electron chi connectivity index (χ1n) is 5.51. The second-order valence-electron chi connectivity index (χ2n) is 4.03. The molecule has 0 radical (unpaired) electrons. The average Bonchev–Trinajstić information content (AvgIpc) is 2.35. The van der Waals surface area contributed by atoms with Gasteiger partial charge in [0, 0.05) is 17.5 Å². The van der Waals surface area contributed by atoms with Gasteiger partial charge in [0.1, 0.15) is 24.0 Å². The molecular formula is C13H13ClO4. The van der Waals surface area contributed by atoms with Crippen LogP contribution >= 0.6 is 11.6 Å². The number of fused-ring (bicyclic) bond motifs is 1. The van der Waals surface area contributed by atoms with E-state index in [-0.39, 0.29) is 12.5 Å². The summed E-state index contributed by atoms with van der Waals surface area (Å²) in [5.41, 5.74) is 0.935. The van der Waals surface area contributed by atoms with Gasteiger partial charge < -0.3 is 14.3 Å². The lowest BCUT2D eigenvalue weighted by molar-refractivity contribution is 0.125. The Hall–Kier alpha value is -1.52. The Kier molecular flexibility index (Phi) is 3.89. The fourth-order valence-electron chi connectivity index (χ4n) is 1.63. The molecule has 0 saturated heterocycles. The molecule has 1 atom stereocenters. The lowest BCUT2D eigenvalue weighted by atomic mass is 10.1. The Morgan fingerprint density at radius 2 is 2.22 bits per heavy atom. The maximum absolute atomic E-state index is 11.3. The molecule has 4 nitrogen and oxygen atoms in total. The van der Waals surface area contributed by atoms with Crippen molar-refractivity contribution in [3.05, 3.63) is 40.2 Å². The van der Waals surface area contributed by atoms with Crippen LogP contribution in [0.15, 0.2) is 33.5 Å². The van der Waals surface area contributed by atoms with Crippen molar-refractivity contribution in [1.82, 2.24) is 0 Å². The highest BCUT2D eigenvalue weighted by Gasteiger charge is 2.06. The van der Waals surface area contributed by atoms with Gasteiger partial charge in [-0.25, -0.2) is 4.79 Å². The van der Waals surface area contributed by atoms with E-state index in [4.69, 9.17) is 20.8 Å². The molecule has 1 heterocycles. The molecule has 0 bridgehead atoms. The van der Waals surface area contributed by atoms with Crippen LogP contribution in [0.4, 0.5) is 0 Å². The normalized spacial score (nSPS) is 12.6. The van der Waals surface area contributed by atoms with Crippen molar-refractivity contribution in [1.29, 1.82) is 0 Å². The van der Waals surface area contributed by atoms with Gasteiger partial charge in [-0.15, -0.1) is 11.6 Å². The van der Waals surface area contributed by atoms with Gasteiger partial charge in [0.15, 0.2) is 0 Å². The Morgan fingerprint density at radius 1 is 1.44 bits per heavy atom. The fraction of sp³-hybridized carbons (Fsp3) is 0.308. The standard InChI is InChI=1S/C13H13ClO4/c1-8-4-13(16)18-12-5-10(2-3-11(8)12)17-7-9(15)6-14/h2-5,9,15H,6-7H2,1H3. The van der Waals surface area contributed by atoms with E-state index >= 15 is 0 Å². The highest BCUT2D eigenvalue weighted by molar-refractivity contribution is 6.18.